The first-order chi connectivity index (χ1) is 9.93. The standard InChI is InChI=1S/C13H11Cl2N3O3/c1-2-12-16-11(15)6-13(19)17(12)7-8-9(14)4-3-5-10(8)18(20)21/h3-6H,2,7H2,1H3. The maximum Gasteiger partial charge on any atom is 0.275 e. The maximum absolute atomic E-state index is 12.0. The number of nitro groups is 1. The number of aromatic nitrogens is 2. The van der Waals surface area contributed by atoms with E-state index >= 15 is 0 Å². The number of nitro benzene ring substituents is 1. The molecule has 0 saturated heterocycles. The molecule has 110 valence electrons. The van der Waals surface area contributed by atoms with Crippen LogP contribution < -0.4 is 5.56 Å². The lowest BCUT2D eigenvalue weighted by molar-refractivity contribution is -0.385. The van der Waals surface area contributed by atoms with Crippen molar-refractivity contribution in [3.05, 3.63) is 66.3 Å². The lowest BCUT2D eigenvalue weighted by atomic mass is 10.1. The summed E-state index contributed by atoms with van der Waals surface area (Å²) in [6.07, 6.45) is 0.466. The molecule has 0 unspecified atom stereocenters. The zero-order valence-corrected chi connectivity index (χ0v) is 12.6. The molecule has 0 aliphatic rings. The van der Waals surface area contributed by atoms with Gasteiger partial charge in [-0.25, -0.2) is 4.98 Å². The van der Waals surface area contributed by atoms with Crippen molar-refractivity contribution < 1.29 is 4.92 Å². The largest absolute Gasteiger partial charge is 0.292 e. The van der Waals surface area contributed by atoms with Gasteiger partial charge in [-0.05, 0) is 6.07 Å². The summed E-state index contributed by atoms with van der Waals surface area (Å²) in [5.41, 5.74) is -0.238. The van der Waals surface area contributed by atoms with Gasteiger partial charge in [-0.2, -0.15) is 0 Å². The minimum absolute atomic E-state index is 0.0256. The fourth-order valence-corrected chi connectivity index (χ4v) is 2.42. The molecule has 0 aliphatic heterocycles. The van der Waals surface area contributed by atoms with Crippen molar-refractivity contribution >= 4 is 28.9 Å². The zero-order chi connectivity index (χ0) is 15.6. The van der Waals surface area contributed by atoms with E-state index in [-0.39, 0.29) is 33.5 Å². The van der Waals surface area contributed by atoms with E-state index in [1.165, 1.54) is 22.8 Å². The fourth-order valence-electron chi connectivity index (χ4n) is 1.99. The Kier molecular flexibility index (Phi) is 4.59. The molecule has 8 heteroatoms. The van der Waals surface area contributed by atoms with Crippen molar-refractivity contribution in [1.82, 2.24) is 9.55 Å². The second-order valence-electron chi connectivity index (χ2n) is 4.27. The Morgan fingerprint density at radius 1 is 1.38 bits per heavy atom. The summed E-state index contributed by atoms with van der Waals surface area (Å²) >= 11 is 11.8. The van der Waals surface area contributed by atoms with Gasteiger partial charge in [0.15, 0.2) is 0 Å². The third kappa shape index (κ3) is 3.22. The number of hydrogen-bond acceptors (Lipinski definition) is 4. The van der Waals surface area contributed by atoms with E-state index < -0.39 is 4.92 Å². The van der Waals surface area contributed by atoms with Gasteiger partial charge in [-0.1, -0.05) is 36.2 Å². The summed E-state index contributed by atoms with van der Waals surface area (Å²) in [5, 5.41) is 11.4. The molecule has 0 bridgehead atoms. The van der Waals surface area contributed by atoms with Crippen LogP contribution in [0.3, 0.4) is 0 Å². The smallest absolute Gasteiger partial charge is 0.275 e. The summed E-state index contributed by atoms with van der Waals surface area (Å²) in [4.78, 5) is 26.7. The van der Waals surface area contributed by atoms with Gasteiger partial charge in [0.2, 0.25) is 0 Å². The van der Waals surface area contributed by atoms with E-state index in [1.54, 1.807) is 6.07 Å². The molecule has 0 spiro atoms. The van der Waals surface area contributed by atoms with Crippen LogP contribution in [0.5, 0.6) is 0 Å². The number of benzene rings is 1. The van der Waals surface area contributed by atoms with Gasteiger partial charge in [-0.3, -0.25) is 19.5 Å². The number of aryl methyl sites for hydroxylation is 1. The van der Waals surface area contributed by atoms with Gasteiger partial charge in [0.05, 0.1) is 22.1 Å². The SMILES string of the molecule is CCc1nc(Cl)cc(=O)n1Cc1c(Cl)cccc1[N+](=O)[O-]. The summed E-state index contributed by atoms with van der Waals surface area (Å²) in [6, 6.07) is 5.56. The van der Waals surface area contributed by atoms with Crippen molar-refractivity contribution in [2.75, 3.05) is 0 Å². The highest BCUT2D eigenvalue weighted by Gasteiger charge is 2.18. The third-order valence-corrected chi connectivity index (χ3v) is 3.53. The van der Waals surface area contributed by atoms with Crippen LogP contribution in [-0.2, 0) is 13.0 Å². The van der Waals surface area contributed by atoms with Crippen LogP contribution in [0.1, 0.15) is 18.3 Å². The van der Waals surface area contributed by atoms with Crippen LogP contribution in [0, 0.1) is 10.1 Å². The van der Waals surface area contributed by atoms with Crippen LogP contribution in [0.2, 0.25) is 10.2 Å². The number of halogens is 2. The highest BCUT2D eigenvalue weighted by atomic mass is 35.5. The van der Waals surface area contributed by atoms with Gasteiger partial charge in [-0.15, -0.1) is 0 Å². The van der Waals surface area contributed by atoms with Crippen molar-refractivity contribution in [2.24, 2.45) is 0 Å². The molecule has 1 aromatic carbocycles. The summed E-state index contributed by atoms with van der Waals surface area (Å²) in [7, 11) is 0. The predicted molar refractivity (Wildman–Crippen MR) is 80.1 cm³/mol. The lowest BCUT2D eigenvalue weighted by Gasteiger charge is -2.12. The van der Waals surface area contributed by atoms with Crippen molar-refractivity contribution in [3.63, 3.8) is 0 Å². The van der Waals surface area contributed by atoms with Gasteiger partial charge in [0.25, 0.3) is 11.2 Å². The fraction of sp³-hybridized carbons (Fsp3) is 0.231. The van der Waals surface area contributed by atoms with Crippen LogP contribution >= 0.6 is 23.2 Å². The highest BCUT2D eigenvalue weighted by Crippen LogP contribution is 2.27. The molecule has 6 nitrogen and oxygen atoms in total. The zero-order valence-electron chi connectivity index (χ0n) is 11.0. The quantitative estimate of drug-likeness (QED) is 0.491. The molecular weight excluding hydrogens is 317 g/mol. The average molecular weight is 328 g/mol. The van der Waals surface area contributed by atoms with Crippen molar-refractivity contribution in [1.29, 1.82) is 0 Å². The molecule has 0 atom stereocenters. The lowest BCUT2D eigenvalue weighted by Crippen LogP contribution is -2.25. The normalized spacial score (nSPS) is 10.6. The molecular formula is C13H11Cl2N3O3. The van der Waals surface area contributed by atoms with E-state index in [2.05, 4.69) is 4.98 Å². The minimum Gasteiger partial charge on any atom is -0.292 e. The van der Waals surface area contributed by atoms with E-state index in [4.69, 9.17) is 23.2 Å². The Hall–Kier alpha value is -1.92. The molecule has 0 saturated carbocycles. The van der Waals surface area contributed by atoms with Crippen LogP contribution in [0.15, 0.2) is 29.1 Å². The molecule has 1 heterocycles. The number of rotatable bonds is 4. The molecule has 0 N–H and O–H groups in total. The average Bonchev–Trinajstić information content (AvgIpc) is 2.42. The summed E-state index contributed by atoms with van der Waals surface area (Å²) in [5.74, 6) is 0.446. The highest BCUT2D eigenvalue weighted by molar-refractivity contribution is 6.31. The van der Waals surface area contributed by atoms with Gasteiger partial charge >= 0.3 is 0 Å². The minimum atomic E-state index is -0.527. The Bertz CT molecular complexity index is 759. The molecule has 0 aliphatic carbocycles. The number of hydrogen-bond donors (Lipinski definition) is 0. The first-order valence-corrected chi connectivity index (χ1v) is 6.87. The first kappa shape index (κ1) is 15.5. The summed E-state index contributed by atoms with van der Waals surface area (Å²) in [6.45, 7) is 1.79. The molecule has 1 aromatic heterocycles. The third-order valence-electron chi connectivity index (χ3n) is 2.98. The summed E-state index contributed by atoms with van der Waals surface area (Å²) < 4.78 is 1.33. The van der Waals surface area contributed by atoms with E-state index in [9.17, 15) is 14.9 Å². The first-order valence-electron chi connectivity index (χ1n) is 6.12. The molecule has 2 aromatic rings. The van der Waals surface area contributed by atoms with E-state index in [0.29, 0.717) is 12.2 Å². The monoisotopic (exact) mass is 327 g/mol. The van der Waals surface area contributed by atoms with E-state index in [0.717, 1.165) is 0 Å². The van der Waals surface area contributed by atoms with Crippen LogP contribution in [0.4, 0.5) is 5.69 Å². The van der Waals surface area contributed by atoms with Crippen LogP contribution in [-0.4, -0.2) is 14.5 Å². The molecule has 2 rings (SSSR count). The predicted octanol–water partition coefficient (Wildman–Crippen LogP) is 3.07. The van der Waals surface area contributed by atoms with Crippen molar-refractivity contribution in [2.45, 2.75) is 19.9 Å². The second kappa shape index (κ2) is 6.24. The topological polar surface area (TPSA) is 78.0 Å². The Morgan fingerprint density at radius 3 is 2.71 bits per heavy atom. The molecule has 21 heavy (non-hydrogen) atoms. The molecule has 0 radical (unpaired) electrons. The Labute approximate surface area is 130 Å². The molecule has 0 fully saturated rings. The van der Waals surface area contributed by atoms with Crippen LogP contribution in [0.25, 0.3) is 0 Å². The van der Waals surface area contributed by atoms with Gasteiger partial charge < -0.3 is 0 Å². The van der Waals surface area contributed by atoms with Crippen molar-refractivity contribution in [3.8, 4) is 0 Å². The number of nitrogens with zero attached hydrogens (tertiary/aromatic N) is 3. The van der Waals surface area contributed by atoms with Gasteiger partial charge in [0, 0.05) is 18.6 Å². The van der Waals surface area contributed by atoms with E-state index in [1.807, 2.05) is 6.92 Å². The molecule has 0 amide bonds. The Morgan fingerprint density at radius 2 is 2.10 bits per heavy atom. The maximum atomic E-state index is 12.0. The van der Waals surface area contributed by atoms with Gasteiger partial charge in [0.1, 0.15) is 11.0 Å². The second-order valence-corrected chi connectivity index (χ2v) is 5.06. The Balaban J connectivity index is 2.58.